The minimum absolute atomic E-state index is 0.0542. The first-order valence-electron chi connectivity index (χ1n) is 14.9. The van der Waals surface area contributed by atoms with Gasteiger partial charge in [0.05, 0.1) is 75.7 Å². The molecule has 2 saturated heterocycles. The van der Waals surface area contributed by atoms with Crippen LogP contribution >= 0.6 is 34.8 Å². The van der Waals surface area contributed by atoms with Crippen molar-refractivity contribution in [2.24, 2.45) is 0 Å². The van der Waals surface area contributed by atoms with Crippen molar-refractivity contribution in [3.8, 4) is 6.07 Å². The number of hydrogen-bond donors (Lipinski definition) is 2. The highest BCUT2D eigenvalue weighted by Gasteiger charge is 2.31. The van der Waals surface area contributed by atoms with E-state index in [9.17, 15) is 5.26 Å². The third-order valence-electron chi connectivity index (χ3n) is 8.62. The Bertz CT molecular complexity index is 1940. The van der Waals surface area contributed by atoms with Gasteiger partial charge in [0.2, 0.25) is 0 Å². The summed E-state index contributed by atoms with van der Waals surface area (Å²) in [5, 5.41) is 26.5. The fourth-order valence-corrected chi connectivity index (χ4v) is 6.56. The first kappa shape index (κ1) is 30.7. The van der Waals surface area contributed by atoms with Crippen LogP contribution in [0, 0.1) is 17.1 Å². The number of nitrogens with zero attached hydrogens (tertiary/aromatic N) is 6. The van der Waals surface area contributed by atoms with Crippen LogP contribution in [0.3, 0.4) is 0 Å². The van der Waals surface area contributed by atoms with E-state index < -0.39 is 11.9 Å². The molecule has 3 aromatic carbocycles. The predicted octanol–water partition coefficient (Wildman–Crippen LogP) is 7.78. The fraction of sp³-hybridized carbons (Fsp3) is 0.273. The second-order valence-electron chi connectivity index (χ2n) is 11.4. The van der Waals surface area contributed by atoms with E-state index in [0.717, 1.165) is 50.4 Å². The number of hydrogen-bond acceptors (Lipinski definition) is 8. The van der Waals surface area contributed by atoms with Crippen molar-refractivity contribution in [2.75, 3.05) is 36.9 Å². The van der Waals surface area contributed by atoms with E-state index in [-0.39, 0.29) is 27.3 Å². The summed E-state index contributed by atoms with van der Waals surface area (Å²) in [5.74, 6) is -0.738. The Kier molecular flexibility index (Phi) is 8.68. The zero-order valence-corrected chi connectivity index (χ0v) is 26.7. The number of piperidine rings is 1. The molecule has 0 saturated carbocycles. The number of nitrogens with one attached hydrogen (secondary N) is 2. The zero-order valence-electron chi connectivity index (χ0n) is 24.4. The van der Waals surface area contributed by atoms with Crippen LogP contribution in [0.4, 0.5) is 21.5 Å². The van der Waals surface area contributed by atoms with Crippen molar-refractivity contribution >= 4 is 62.8 Å². The lowest BCUT2D eigenvalue weighted by Crippen LogP contribution is -2.51. The summed E-state index contributed by atoms with van der Waals surface area (Å²) in [6, 6.07) is 18.8. The van der Waals surface area contributed by atoms with Gasteiger partial charge < -0.3 is 15.4 Å². The molecule has 4 heterocycles. The number of fused-ring (bicyclic) bond motifs is 1. The summed E-state index contributed by atoms with van der Waals surface area (Å²) in [6.07, 6.45) is 5.42. The molecule has 9 nitrogen and oxygen atoms in total. The Morgan fingerprint density at radius 3 is 2.50 bits per heavy atom. The Hall–Kier alpha value is -3.98. The summed E-state index contributed by atoms with van der Waals surface area (Å²) in [7, 11) is 0. The summed E-state index contributed by atoms with van der Waals surface area (Å²) in [4.78, 5) is 7.12. The van der Waals surface area contributed by atoms with Crippen LogP contribution in [-0.2, 0) is 4.74 Å². The Morgan fingerprint density at radius 1 is 1.00 bits per heavy atom. The van der Waals surface area contributed by atoms with Gasteiger partial charge in [-0.05, 0) is 42.7 Å². The highest BCUT2D eigenvalue weighted by atomic mass is 35.5. The molecule has 234 valence electrons. The van der Waals surface area contributed by atoms with Crippen molar-refractivity contribution in [3.05, 3.63) is 105 Å². The van der Waals surface area contributed by atoms with E-state index in [4.69, 9.17) is 39.5 Å². The highest BCUT2D eigenvalue weighted by Crippen LogP contribution is 2.39. The van der Waals surface area contributed by atoms with Crippen LogP contribution in [0.5, 0.6) is 0 Å². The third-order valence-corrected chi connectivity index (χ3v) is 9.62. The quantitative estimate of drug-likeness (QED) is 0.161. The average molecular weight is 678 g/mol. The van der Waals surface area contributed by atoms with Gasteiger partial charge in [0.1, 0.15) is 11.8 Å². The molecule has 2 aliphatic heterocycles. The smallest absolute Gasteiger partial charge is 0.166 e. The van der Waals surface area contributed by atoms with E-state index in [1.807, 2.05) is 41.2 Å². The van der Waals surface area contributed by atoms with Crippen molar-refractivity contribution < 1.29 is 9.13 Å². The van der Waals surface area contributed by atoms with E-state index in [2.05, 4.69) is 36.9 Å². The first-order valence-corrected chi connectivity index (χ1v) is 16.0. The lowest BCUT2D eigenvalue weighted by Gasteiger charge is -2.41. The number of anilines is 3. The van der Waals surface area contributed by atoms with Gasteiger partial charge in [0.15, 0.2) is 5.82 Å². The molecular formula is C33H28Cl3FN8O. The van der Waals surface area contributed by atoms with Crippen molar-refractivity contribution in [1.29, 1.82) is 5.26 Å². The summed E-state index contributed by atoms with van der Waals surface area (Å²) >= 11 is 18.7. The molecule has 13 heteroatoms. The van der Waals surface area contributed by atoms with Gasteiger partial charge in [-0.3, -0.25) is 9.88 Å². The predicted molar refractivity (Wildman–Crippen MR) is 178 cm³/mol. The van der Waals surface area contributed by atoms with E-state index in [1.165, 1.54) is 18.3 Å². The van der Waals surface area contributed by atoms with Crippen LogP contribution in [0.2, 0.25) is 15.1 Å². The monoisotopic (exact) mass is 676 g/mol. The van der Waals surface area contributed by atoms with Crippen LogP contribution in [0.25, 0.3) is 10.9 Å². The number of nitriles is 1. The van der Waals surface area contributed by atoms with E-state index >= 15 is 4.39 Å². The lowest BCUT2D eigenvalue weighted by atomic mass is 10.0. The molecule has 0 unspecified atom stereocenters. The SMILES string of the molecule is N#Cc1cnc2c(N[C@@H](c3ccccc3)c3cn(C4CCN(C5COC5)CC4)nn3)cc(Cl)cc2c1Nc1ccc(Cl)c(Cl)c1F. The Morgan fingerprint density at radius 2 is 1.78 bits per heavy atom. The van der Waals surface area contributed by atoms with Gasteiger partial charge in [-0.15, -0.1) is 5.10 Å². The number of halogens is 4. The van der Waals surface area contributed by atoms with Gasteiger partial charge in [0.25, 0.3) is 0 Å². The molecule has 2 N–H and O–H groups in total. The minimum Gasteiger partial charge on any atom is -0.378 e. The standard InChI is InChI=1S/C33H28Cl3FN8O/c34-21-12-24-31(40-26-7-6-25(35)29(36)30(26)37)20(14-38)15-39-33(24)27(13-21)41-32(19-4-2-1-3-5-19)28-16-45(43-42-28)22-8-10-44(11-9-22)23-17-46-18-23/h1-7,12-13,15-16,22-23,32,41H,8-11,17-18H2,(H,39,40)/t32-/m0/s1. The lowest BCUT2D eigenvalue weighted by molar-refractivity contribution is -0.0734. The maximum absolute atomic E-state index is 15.1. The molecule has 2 aromatic heterocycles. The van der Waals surface area contributed by atoms with Crippen molar-refractivity contribution in [3.63, 3.8) is 0 Å². The maximum atomic E-state index is 15.1. The average Bonchev–Trinajstić information content (AvgIpc) is 3.54. The highest BCUT2D eigenvalue weighted by molar-refractivity contribution is 6.42. The molecule has 5 aromatic rings. The second kappa shape index (κ2) is 13.0. The number of ether oxygens (including phenoxy) is 1. The molecule has 7 rings (SSSR count). The molecule has 0 spiro atoms. The second-order valence-corrected chi connectivity index (χ2v) is 12.6. The topological polar surface area (TPSA) is 104 Å². The van der Waals surface area contributed by atoms with Gasteiger partial charge in [-0.2, -0.15) is 5.26 Å². The summed E-state index contributed by atoms with van der Waals surface area (Å²) in [6.45, 7) is 3.64. The van der Waals surface area contributed by atoms with Crippen molar-refractivity contribution in [1.82, 2.24) is 24.9 Å². The number of aromatic nitrogens is 4. The number of likely N-dealkylation sites (tertiary alicyclic amines) is 1. The minimum atomic E-state index is -0.738. The molecule has 0 radical (unpaired) electrons. The van der Waals surface area contributed by atoms with Gasteiger partial charge >= 0.3 is 0 Å². The molecule has 2 aliphatic rings. The molecule has 46 heavy (non-hydrogen) atoms. The van der Waals surface area contributed by atoms with Crippen molar-refractivity contribution in [2.45, 2.75) is 31.0 Å². The number of rotatable bonds is 8. The van der Waals surface area contributed by atoms with Gasteiger partial charge in [-0.25, -0.2) is 9.07 Å². The summed E-state index contributed by atoms with van der Waals surface area (Å²) < 4.78 is 22.4. The number of benzene rings is 3. The number of pyridine rings is 1. The first-order chi connectivity index (χ1) is 22.4. The largest absolute Gasteiger partial charge is 0.378 e. The fourth-order valence-electron chi connectivity index (χ4n) is 6.03. The molecule has 1 atom stereocenters. The van der Waals surface area contributed by atoms with Gasteiger partial charge in [0, 0.05) is 29.7 Å². The normalized spacial score (nSPS) is 16.6. The summed E-state index contributed by atoms with van der Waals surface area (Å²) in [5.41, 5.74) is 3.41. The van der Waals surface area contributed by atoms with E-state index in [1.54, 1.807) is 12.1 Å². The molecule has 0 bridgehead atoms. The van der Waals surface area contributed by atoms with Gasteiger partial charge in [-0.1, -0.05) is 70.3 Å². The zero-order chi connectivity index (χ0) is 31.8. The molecule has 0 aliphatic carbocycles. The Balaban J connectivity index is 1.23. The van der Waals surface area contributed by atoms with Crippen LogP contribution < -0.4 is 10.6 Å². The Labute approximate surface area is 279 Å². The van der Waals surface area contributed by atoms with E-state index in [0.29, 0.717) is 33.3 Å². The van der Waals surface area contributed by atoms with Crippen LogP contribution in [0.15, 0.2) is 67.0 Å². The third kappa shape index (κ3) is 5.97. The molecule has 2 fully saturated rings. The van der Waals surface area contributed by atoms with Crippen LogP contribution in [0.1, 0.15) is 41.7 Å². The molecule has 0 amide bonds. The maximum Gasteiger partial charge on any atom is 0.166 e. The molecular weight excluding hydrogens is 650 g/mol. The van der Waals surface area contributed by atoms with Crippen LogP contribution in [-0.4, -0.2) is 57.2 Å².